The first-order valence-corrected chi connectivity index (χ1v) is 7.92. The first kappa shape index (κ1) is 17.3. The molecular weight excluding hydrogens is 296 g/mol. The minimum Gasteiger partial charge on any atom is -0.481 e. The number of nitrogens with one attached hydrogen (secondary N) is 1. The lowest BCUT2D eigenvalue weighted by Crippen LogP contribution is -2.48. The summed E-state index contributed by atoms with van der Waals surface area (Å²) in [6.07, 6.45) is 1.96. The van der Waals surface area contributed by atoms with E-state index in [4.69, 9.17) is 9.84 Å². The van der Waals surface area contributed by atoms with Crippen molar-refractivity contribution in [2.24, 2.45) is 5.92 Å². The Hall–Kier alpha value is -2.08. The van der Waals surface area contributed by atoms with Crippen molar-refractivity contribution in [3.05, 3.63) is 35.9 Å². The largest absolute Gasteiger partial charge is 0.481 e. The Morgan fingerprint density at radius 1 is 1.39 bits per heavy atom. The third-order valence-corrected chi connectivity index (χ3v) is 4.18. The second-order valence-corrected chi connectivity index (χ2v) is 5.86. The first-order chi connectivity index (χ1) is 11.1. The Morgan fingerprint density at radius 2 is 2.13 bits per heavy atom. The van der Waals surface area contributed by atoms with Crippen LogP contribution in [-0.4, -0.2) is 54.9 Å². The Bertz CT molecular complexity index is 521. The predicted octanol–water partition coefficient (Wildman–Crippen LogP) is 1.75. The number of benzene rings is 1. The number of likely N-dealkylation sites (tertiary alicyclic amines) is 1. The van der Waals surface area contributed by atoms with Crippen LogP contribution < -0.4 is 5.32 Å². The van der Waals surface area contributed by atoms with E-state index in [0.717, 1.165) is 18.4 Å². The molecule has 0 bridgehead atoms. The molecule has 6 nitrogen and oxygen atoms in total. The van der Waals surface area contributed by atoms with Gasteiger partial charge < -0.3 is 20.1 Å². The Kier molecular flexibility index (Phi) is 6.40. The topological polar surface area (TPSA) is 78.9 Å². The number of ether oxygens (including phenoxy) is 1. The monoisotopic (exact) mass is 320 g/mol. The summed E-state index contributed by atoms with van der Waals surface area (Å²) in [7, 11) is 1.63. The zero-order chi connectivity index (χ0) is 16.7. The summed E-state index contributed by atoms with van der Waals surface area (Å²) in [5.74, 6) is -1.29. The minimum atomic E-state index is -0.832. The van der Waals surface area contributed by atoms with E-state index in [0.29, 0.717) is 19.5 Å². The summed E-state index contributed by atoms with van der Waals surface area (Å²) >= 11 is 0. The third kappa shape index (κ3) is 5.25. The molecule has 23 heavy (non-hydrogen) atoms. The minimum absolute atomic E-state index is 0.110. The fourth-order valence-corrected chi connectivity index (χ4v) is 2.79. The molecule has 0 aromatic heterocycles. The molecule has 0 aliphatic carbocycles. The number of urea groups is 1. The van der Waals surface area contributed by atoms with E-state index < -0.39 is 11.9 Å². The number of carbonyl (C=O) groups is 2. The number of amides is 2. The maximum Gasteiger partial charge on any atom is 0.317 e. The van der Waals surface area contributed by atoms with E-state index in [1.807, 2.05) is 30.3 Å². The van der Waals surface area contributed by atoms with Crippen molar-refractivity contribution in [1.29, 1.82) is 0 Å². The molecule has 1 aliphatic heterocycles. The third-order valence-electron chi connectivity index (χ3n) is 4.18. The molecule has 1 fully saturated rings. The summed E-state index contributed by atoms with van der Waals surface area (Å²) in [5.41, 5.74) is 1.15. The number of carboxylic acid groups (broad SMARTS) is 1. The van der Waals surface area contributed by atoms with Gasteiger partial charge >= 0.3 is 12.0 Å². The molecule has 6 heteroatoms. The number of nitrogens with zero attached hydrogens (tertiary/aromatic N) is 1. The van der Waals surface area contributed by atoms with Crippen LogP contribution in [0.5, 0.6) is 0 Å². The summed E-state index contributed by atoms with van der Waals surface area (Å²) in [4.78, 5) is 24.8. The number of aliphatic carboxylic acids is 1. The van der Waals surface area contributed by atoms with E-state index in [2.05, 4.69) is 5.32 Å². The molecule has 1 aromatic carbocycles. The molecule has 0 saturated carbocycles. The van der Waals surface area contributed by atoms with Crippen molar-refractivity contribution in [2.45, 2.75) is 25.4 Å². The number of carbonyl (C=O) groups excluding carboxylic acids is 1. The van der Waals surface area contributed by atoms with E-state index in [1.165, 1.54) is 0 Å². The SMILES string of the molecule is COC(CNC(=O)N1CCCC(C(=O)O)C1)Cc1ccccc1. The molecule has 2 N–H and O–H groups in total. The van der Waals surface area contributed by atoms with Gasteiger partial charge in [-0.15, -0.1) is 0 Å². The van der Waals surface area contributed by atoms with Crippen molar-refractivity contribution < 1.29 is 19.4 Å². The van der Waals surface area contributed by atoms with Crippen molar-refractivity contribution in [3.63, 3.8) is 0 Å². The first-order valence-electron chi connectivity index (χ1n) is 7.92. The van der Waals surface area contributed by atoms with Crippen LogP contribution in [0.1, 0.15) is 18.4 Å². The predicted molar refractivity (Wildman–Crippen MR) is 86.3 cm³/mol. The highest BCUT2D eigenvalue weighted by atomic mass is 16.5. The van der Waals surface area contributed by atoms with Gasteiger partial charge in [0.05, 0.1) is 12.0 Å². The summed E-state index contributed by atoms with van der Waals surface area (Å²) in [6.45, 7) is 1.28. The number of carboxylic acids is 1. The van der Waals surface area contributed by atoms with Crippen LogP contribution in [0, 0.1) is 5.92 Å². The van der Waals surface area contributed by atoms with Gasteiger partial charge in [-0.25, -0.2) is 4.79 Å². The van der Waals surface area contributed by atoms with E-state index >= 15 is 0 Å². The summed E-state index contributed by atoms with van der Waals surface area (Å²) in [5, 5.41) is 11.9. The number of piperidine rings is 1. The Morgan fingerprint density at radius 3 is 2.78 bits per heavy atom. The lowest BCUT2D eigenvalue weighted by Gasteiger charge is -2.31. The van der Waals surface area contributed by atoms with Gasteiger partial charge in [-0.1, -0.05) is 30.3 Å². The quantitative estimate of drug-likeness (QED) is 0.837. The molecule has 2 atom stereocenters. The second-order valence-electron chi connectivity index (χ2n) is 5.86. The van der Waals surface area contributed by atoms with Crippen LogP contribution in [0.25, 0.3) is 0 Å². The van der Waals surface area contributed by atoms with Gasteiger partial charge in [0.25, 0.3) is 0 Å². The normalized spacial score (nSPS) is 19.2. The molecule has 126 valence electrons. The van der Waals surface area contributed by atoms with E-state index in [9.17, 15) is 9.59 Å². The Labute approximate surface area is 136 Å². The summed E-state index contributed by atoms with van der Waals surface area (Å²) in [6, 6.07) is 9.74. The molecule has 1 aliphatic rings. The van der Waals surface area contributed by atoms with E-state index in [1.54, 1.807) is 12.0 Å². The highest BCUT2D eigenvalue weighted by Gasteiger charge is 2.28. The molecule has 1 heterocycles. The second kappa shape index (κ2) is 8.53. The molecule has 1 aromatic rings. The maximum absolute atomic E-state index is 12.2. The zero-order valence-electron chi connectivity index (χ0n) is 13.4. The molecule has 1 saturated heterocycles. The number of rotatable bonds is 6. The fraction of sp³-hybridized carbons (Fsp3) is 0.529. The van der Waals surface area contributed by atoms with E-state index in [-0.39, 0.29) is 18.7 Å². The number of methoxy groups -OCH3 is 1. The fourth-order valence-electron chi connectivity index (χ4n) is 2.79. The van der Waals surface area contributed by atoms with Crippen LogP contribution in [-0.2, 0) is 16.0 Å². The molecular formula is C17H24N2O4. The van der Waals surface area contributed by atoms with Gasteiger partial charge in [-0.2, -0.15) is 0 Å². The molecule has 2 rings (SSSR count). The van der Waals surface area contributed by atoms with Crippen LogP contribution in [0.15, 0.2) is 30.3 Å². The highest BCUT2D eigenvalue weighted by Crippen LogP contribution is 2.16. The maximum atomic E-state index is 12.2. The Balaban J connectivity index is 1.81. The van der Waals surface area contributed by atoms with Crippen molar-refractivity contribution >= 4 is 12.0 Å². The van der Waals surface area contributed by atoms with Crippen molar-refractivity contribution in [2.75, 3.05) is 26.7 Å². The zero-order valence-corrected chi connectivity index (χ0v) is 13.4. The molecule has 2 unspecified atom stereocenters. The average Bonchev–Trinajstić information content (AvgIpc) is 2.59. The van der Waals surface area contributed by atoms with Gasteiger partial charge in [-0.05, 0) is 18.4 Å². The molecule has 0 radical (unpaired) electrons. The number of hydrogen-bond acceptors (Lipinski definition) is 3. The molecule has 0 spiro atoms. The van der Waals surface area contributed by atoms with Gasteiger partial charge in [0.15, 0.2) is 0 Å². The highest BCUT2D eigenvalue weighted by molar-refractivity contribution is 5.76. The average molecular weight is 320 g/mol. The smallest absolute Gasteiger partial charge is 0.317 e. The lowest BCUT2D eigenvalue weighted by molar-refractivity contribution is -0.143. The van der Waals surface area contributed by atoms with Crippen molar-refractivity contribution in [1.82, 2.24) is 10.2 Å². The van der Waals surface area contributed by atoms with Crippen LogP contribution >= 0.6 is 0 Å². The van der Waals surface area contributed by atoms with Gasteiger partial charge in [0, 0.05) is 33.2 Å². The van der Waals surface area contributed by atoms with Gasteiger partial charge in [0.2, 0.25) is 0 Å². The standard InChI is InChI=1S/C17H24N2O4/c1-23-15(10-13-6-3-2-4-7-13)11-18-17(22)19-9-5-8-14(12-19)16(20)21/h2-4,6-7,14-15H,5,8-12H2,1H3,(H,18,22)(H,20,21). The van der Waals surface area contributed by atoms with Crippen LogP contribution in [0.2, 0.25) is 0 Å². The molecule has 2 amide bonds. The van der Waals surface area contributed by atoms with Crippen LogP contribution in [0.3, 0.4) is 0 Å². The number of hydrogen-bond donors (Lipinski definition) is 2. The van der Waals surface area contributed by atoms with Crippen molar-refractivity contribution in [3.8, 4) is 0 Å². The van der Waals surface area contributed by atoms with Gasteiger partial charge in [0.1, 0.15) is 0 Å². The lowest BCUT2D eigenvalue weighted by atomic mass is 9.99. The summed E-state index contributed by atoms with van der Waals surface area (Å²) < 4.78 is 5.42. The van der Waals surface area contributed by atoms with Gasteiger partial charge in [-0.3, -0.25) is 4.79 Å². The van der Waals surface area contributed by atoms with Crippen LogP contribution in [0.4, 0.5) is 4.79 Å².